The van der Waals surface area contributed by atoms with Crippen LogP contribution >= 0.6 is 0 Å². The molecule has 0 atom stereocenters. The fraction of sp³-hybridized carbons (Fsp3) is 0.500. The Labute approximate surface area is 185 Å². The third-order valence-corrected chi connectivity index (χ3v) is 6.82. The lowest BCUT2D eigenvalue weighted by Crippen LogP contribution is -2.47. The van der Waals surface area contributed by atoms with Crippen LogP contribution in [-0.2, 0) is 0 Å². The number of hydrogen-bond donors (Lipinski definition) is 0. The number of fused-ring (bicyclic) bond motifs is 1. The topological polar surface area (TPSA) is 58.0 Å². The van der Waals surface area contributed by atoms with Crippen LogP contribution in [0.3, 0.4) is 0 Å². The average Bonchev–Trinajstić information content (AvgIpc) is 2.81. The largest absolute Gasteiger partial charge is 0.352 e. The molecule has 0 unspecified atom stereocenters. The first-order chi connectivity index (χ1) is 15.4. The van der Waals surface area contributed by atoms with Crippen LogP contribution in [0.25, 0.3) is 10.9 Å². The lowest BCUT2D eigenvalue weighted by atomic mass is 9.56. The highest BCUT2D eigenvalue weighted by Gasteiger charge is 2.22. The van der Waals surface area contributed by atoms with Crippen molar-refractivity contribution in [3.8, 4) is 0 Å². The molecule has 1 saturated heterocycles. The second-order valence-electron chi connectivity index (χ2n) is 9.00. The second kappa shape index (κ2) is 9.63. The van der Waals surface area contributed by atoms with Gasteiger partial charge in [-0.3, -0.25) is 0 Å². The van der Waals surface area contributed by atoms with E-state index in [0.29, 0.717) is 0 Å². The minimum absolute atomic E-state index is 0.806. The van der Waals surface area contributed by atoms with Gasteiger partial charge in [0.2, 0.25) is 5.95 Å². The molecule has 0 N–H and O–H groups in total. The van der Waals surface area contributed by atoms with E-state index >= 15 is 0 Å². The van der Waals surface area contributed by atoms with E-state index in [1.54, 1.807) is 6.33 Å². The standard InChI is InChI=1S/C24H31BN6/c1-2-4-8-19(9-5-3-1)25-20-16-26-24(27-17-20)31-14-12-30(13-15-31)23-21-10-6-7-11-22(21)28-18-29-23/h6-7,10-11,16-19,25H,1-5,8-9,12-15H2. The Kier molecular flexibility index (Phi) is 6.28. The summed E-state index contributed by atoms with van der Waals surface area (Å²) in [4.78, 5) is 23.1. The first-order valence-corrected chi connectivity index (χ1v) is 11.9. The van der Waals surface area contributed by atoms with Gasteiger partial charge in [-0.05, 0) is 17.6 Å². The molecule has 3 aromatic rings. The Balaban J connectivity index is 1.19. The average molecular weight is 414 g/mol. The molecule has 1 saturated carbocycles. The number of nitrogens with zero attached hydrogens (tertiary/aromatic N) is 6. The summed E-state index contributed by atoms with van der Waals surface area (Å²) in [5, 5.41) is 1.12. The van der Waals surface area contributed by atoms with E-state index in [4.69, 9.17) is 9.97 Å². The highest BCUT2D eigenvalue weighted by atomic mass is 15.3. The van der Waals surface area contributed by atoms with Crippen LogP contribution in [0.4, 0.5) is 11.8 Å². The van der Waals surface area contributed by atoms with E-state index in [2.05, 4.69) is 44.3 Å². The summed E-state index contributed by atoms with van der Waals surface area (Å²) < 4.78 is 0. The van der Waals surface area contributed by atoms with Gasteiger partial charge >= 0.3 is 0 Å². The van der Waals surface area contributed by atoms with Gasteiger partial charge in [-0.1, -0.05) is 62.9 Å². The summed E-state index contributed by atoms with van der Waals surface area (Å²) in [5.41, 5.74) is 2.29. The molecule has 6 nitrogen and oxygen atoms in total. The first-order valence-electron chi connectivity index (χ1n) is 11.9. The van der Waals surface area contributed by atoms with Crippen molar-refractivity contribution < 1.29 is 0 Å². The molecule has 0 radical (unpaired) electrons. The maximum Gasteiger partial charge on any atom is 0.225 e. The number of hydrogen-bond acceptors (Lipinski definition) is 6. The SMILES string of the molecule is B(c1cnc(N2CCN(c3ncnc4ccccc34)CC2)nc1)C1CCCCCCC1. The molecule has 31 heavy (non-hydrogen) atoms. The summed E-state index contributed by atoms with van der Waals surface area (Å²) in [6.07, 6.45) is 15.5. The Morgan fingerprint density at radius 1 is 0.742 bits per heavy atom. The minimum atomic E-state index is 0.806. The van der Waals surface area contributed by atoms with Crippen LogP contribution < -0.4 is 15.3 Å². The fourth-order valence-electron chi connectivity index (χ4n) is 5.06. The fourth-order valence-corrected chi connectivity index (χ4v) is 5.06. The van der Waals surface area contributed by atoms with Gasteiger partial charge < -0.3 is 9.80 Å². The van der Waals surface area contributed by atoms with Crippen molar-refractivity contribution in [3.05, 3.63) is 43.0 Å². The number of anilines is 2. The Morgan fingerprint density at radius 2 is 1.42 bits per heavy atom. The van der Waals surface area contributed by atoms with Crippen LogP contribution in [0.1, 0.15) is 44.9 Å². The molecule has 0 amide bonds. The molecule has 3 heterocycles. The normalized spacial score (nSPS) is 18.6. The van der Waals surface area contributed by atoms with Gasteiger partial charge in [-0.25, -0.2) is 19.9 Å². The van der Waals surface area contributed by atoms with E-state index < -0.39 is 0 Å². The summed E-state index contributed by atoms with van der Waals surface area (Å²) in [7, 11) is 1.13. The predicted octanol–water partition coefficient (Wildman–Crippen LogP) is 3.34. The van der Waals surface area contributed by atoms with Crippen molar-refractivity contribution in [1.29, 1.82) is 0 Å². The third-order valence-electron chi connectivity index (χ3n) is 6.82. The first kappa shape index (κ1) is 20.2. The van der Waals surface area contributed by atoms with Crippen LogP contribution in [0.2, 0.25) is 5.82 Å². The lowest BCUT2D eigenvalue weighted by Gasteiger charge is -2.35. The smallest absolute Gasteiger partial charge is 0.225 e. The van der Waals surface area contributed by atoms with Gasteiger partial charge in [-0.2, -0.15) is 0 Å². The van der Waals surface area contributed by atoms with E-state index in [0.717, 1.165) is 61.9 Å². The van der Waals surface area contributed by atoms with Gasteiger partial charge in [-0.15, -0.1) is 0 Å². The molecule has 7 heteroatoms. The molecule has 1 aliphatic heterocycles. The van der Waals surface area contributed by atoms with Crippen LogP contribution in [0, 0.1) is 0 Å². The highest BCUT2D eigenvalue weighted by molar-refractivity contribution is 6.54. The molecule has 1 aliphatic carbocycles. The predicted molar refractivity (Wildman–Crippen MR) is 129 cm³/mol. The van der Waals surface area contributed by atoms with Gasteiger partial charge in [0.15, 0.2) is 7.28 Å². The van der Waals surface area contributed by atoms with Crippen molar-refractivity contribution in [2.45, 2.75) is 50.8 Å². The van der Waals surface area contributed by atoms with Crippen molar-refractivity contribution in [1.82, 2.24) is 19.9 Å². The zero-order chi connectivity index (χ0) is 20.9. The number of piperazine rings is 1. The van der Waals surface area contributed by atoms with E-state index in [-0.39, 0.29) is 0 Å². The summed E-state index contributed by atoms with van der Waals surface area (Å²) in [6, 6.07) is 8.23. The van der Waals surface area contributed by atoms with Crippen LogP contribution in [-0.4, -0.2) is 53.4 Å². The maximum absolute atomic E-state index is 4.73. The molecule has 2 aromatic heterocycles. The van der Waals surface area contributed by atoms with Crippen molar-refractivity contribution >= 4 is 35.4 Å². The Morgan fingerprint density at radius 3 is 2.19 bits per heavy atom. The van der Waals surface area contributed by atoms with E-state index in [9.17, 15) is 0 Å². The van der Waals surface area contributed by atoms with Crippen molar-refractivity contribution in [3.63, 3.8) is 0 Å². The number of para-hydroxylation sites is 1. The molecular formula is C24H31BN6. The number of aromatic nitrogens is 4. The molecule has 0 bridgehead atoms. The Hall–Kier alpha value is -2.70. The number of benzene rings is 1. The maximum atomic E-state index is 4.73. The quantitative estimate of drug-likeness (QED) is 0.611. The van der Waals surface area contributed by atoms with Crippen molar-refractivity contribution in [2.24, 2.45) is 0 Å². The summed E-state index contributed by atoms with van der Waals surface area (Å²) >= 11 is 0. The third kappa shape index (κ3) is 4.81. The van der Waals surface area contributed by atoms with E-state index in [1.165, 1.54) is 50.4 Å². The monoisotopic (exact) mass is 414 g/mol. The minimum Gasteiger partial charge on any atom is -0.352 e. The summed E-state index contributed by atoms with van der Waals surface area (Å²) in [5.74, 6) is 2.69. The second-order valence-corrected chi connectivity index (χ2v) is 9.00. The molecule has 2 fully saturated rings. The molecule has 5 rings (SSSR count). The van der Waals surface area contributed by atoms with Gasteiger partial charge in [0.25, 0.3) is 0 Å². The van der Waals surface area contributed by atoms with Gasteiger partial charge in [0.1, 0.15) is 12.1 Å². The summed E-state index contributed by atoms with van der Waals surface area (Å²) in [6.45, 7) is 3.63. The van der Waals surface area contributed by atoms with Gasteiger partial charge in [0, 0.05) is 44.0 Å². The molecule has 2 aliphatic rings. The molecule has 1 aromatic carbocycles. The number of rotatable bonds is 4. The lowest BCUT2D eigenvalue weighted by molar-refractivity contribution is 0.502. The zero-order valence-electron chi connectivity index (χ0n) is 18.3. The Bertz CT molecular complexity index is 974. The van der Waals surface area contributed by atoms with E-state index in [1.807, 2.05) is 12.1 Å². The van der Waals surface area contributed by atoms with Crippen LogP contribution in [0.5, 0.6) is 0 Å². The molecule has 0 spiro atoms. The zero-order valence-corrected chi connectivity index (χ0v) is 18.3. The van der Waals surface area contributed by atoms with Crippen molar-refractivity contribution in [2.75, 3.05) is 36.0 Å². The van der Waals surface area contributed by atoms with Crippen LogP contribution in [0.15, 0.2) is 43.0 Å². The van der Waals surface area contributed by atoms with Gasteiger partial charge in [0.05, 0.1) is 5.52 Å². The molecular weight excluding hydrogens is 383 g/mol. The highest BCUT2D eigenvalue weighted by Crippen LogP contribution is 2.26. The molecule has 160 valence electrons.